The predicted octanol–water partition coefficient (Wildman–Crippen LogP) is 5.14. The van der Waals surface area contributed by atoms with Gasteiger partial charge in [0, 0.05) is 22.8 Å². The third kappa shape index (κ3) is 5.31. The molecule has 0 aliphatic carbocycles. The number of halogens is 2. The lowest BCUT2D eigenvalue weighted by molar-refractivity contribution is -0.118. The van der Waals surface area contributed by atoms with Gasteiger partial charge in [0.05, 0.1) is 5.75 Å². The highest BCUT2D eigenvalue weighted by Gasteiger charge is 2.17. The molecule has 0 fully saturated rings. The normalized spacial score (nSPS) is 10.8. The number of hydrogen-bond donors (Lipinski definition) is 1. The van der Waals surface area contributed by atoms with Gasteiger partial charge in [-0.05, 0) is 42.0 Å². The molecule has 0 spiro atoms. The van der Waals surface area contributed by atoms with E-state index < -0.39 is 0 Å². The molecule has 0 aliphatic heterocycles. The summed E-state index contributed by atoms with van der Waals surface area (Å²) < 4.78 is 15.3. The van der Waals surface area contributed by atoms with Crippen LogP contribution in [-0.4, -0.2) is 26.4 Å². The standard InChI is InChI=1S/C23H18ClFN4OS/c24-18-8-4-5-16(13-18)14-26-21(30)15-31-23-28-27-22(17-6-2-1-3-7-17)29(23)20-11-9-19(25)10-12-20/h1-13H,14-15H2,(H,26,30). The van der Waals surface area contributed by atoms with Crippen LogP contribution >= 0.6 is 23.4 Å². The van der Waals surface area contributed by atoms with Crippen molar-refractivity contribution in [1.29, 1.82) is 0 Å². The number of thioether (sulfide) groups is 1. The number of rotatable bonds is 7. The van der Waals surface area contributed by atoms with Gasteiger partial charge < -0.3 is 5.32 Å². The van der Waals surface area contributed by atoms with E-state index in [1.165, 1.54) is 23.9 Å². The molecule has 1 amide bonds. The summed E-state index contributed by atoms with van der Waals surface area (Å²) >= 11 is 7.25. The van der Waals surface area contributed by atoms with Crippen LogP contribution in [0.5, 0.6) is 0 Å². The molecule has 0 saturated heterocycles. The maximum Gasteiger partial charge on any atom is 0.230 e. The number of aromatic nitrogens is 3. The molecule has 8 heteroatoms. The number of carbonyl (C=O) groups is 1. The molecule has 0 saturated carbocycles. The number of hydrogen-bond acceptors (Lipinski definition) is 4. The van der Waals surface area contributed by atoms with Crippen LogP contribution in [0.4, 0.5) is 4.39 Å². The third-order valence-corrected chi connectivity index (χ3v) is 5.63. The van der Waals surface area contributed by atoms with Gasteiger partial charge in [0.15, 0.2) is 11.0 Å². The zero-order chi connectivity index (χ0) is 21.6. The average Bonchev–Trinajstić information content (AvgIpc) is 3.21. The first-order valence-electron chi connectivity index (χ1n) is 9.51. The fourth-order valence-corrected chi connectivity index (χ4v) is 3.98. The Bertz CT molecular complexity index is 1180. The first-order chi connectivity index (χ1) is 15.1. The van der Waals surface area contributed by atoms with Crippen LogP contribution in [0.1, 0.15) is 5.56 Å². The van der Waals surface area contributed by atoms with Crippen LogP contribution in [0.25, 0.3) is 17.1 Å². The van der Waals surface area contributed by atoms with Gasteiger partial charge in [0.1, 0.15) is 5.82 Å². The van der Waals surface area contributed by atoms with E-state index in [2.05, 4.69) is 15.5 Å². The second kappa shape index (κ2) is 9.76. The summed E-state index contributed by atoms with van der Waals surface area (Å²) in [6.07, 6.45) is 0. The Morgan fingerprint density at radius 1 is 1.00 bits per heavy atom. The van der Waals surface area contributed by atoms with Crippen LogP contribution in [-0.2, 0) is 11.3 Å². The summed E-state index contributed by atoms with van der Waals surface area (Å²) in [7, 11) is 0. The first-order valence-corrected chi connectivity index (χ1v) is 10.9. The summed E-state index contributed by atoms with van der Waals surface area (Å²) in [5, 5.41) is 12.6. The van der Waals surface area contributed by atoms with Crippen LogP contribution in [0.2, 0.25) is 5.02 Å². The number of benzene rings is 3. The average molecular weight is 453 g/mol. The summed E-state index contributed by atoms with van der Waals surface area (Å²) in [5.74, 6) is 0.316. The largest absolute Gasteiger partial charge is 0.351 e. The molecule has 156 valence electrons. The Morgan fingerprint density at radius 3 is 2.52 bits per heavy atom. The van der Waals surface area contributed by atoms with E-state index >= 15 is 0 Å². The number of nitrogens with zero attached hydrogens (tertiary/aromatic N) is 3. The zero-order valence-corrected chi connectivity index (χ0v) is 17.9. The van der Waals surface area contributed by atoms with E-state index in [9.17, 15) is 9.18 Å². The van der Waals surface area contributed by atoms with Crippen LogP contribution in [0.15, 0.2) is 84.0 Å². The molecule has 0 atom stereocenters. The van der Waals surface area contributed by atoms with E-state index in [1.54, 1.807) is 18.2 Å². The topological polar surface area (TPSA) is 59.8 Å². The molecule has 0 bridgehead atoms. The summed E-state index contributed by atoms with van der Waals surface area (Å²) in [6.45, 7) is 0.389. The molecule has 1 heterocycles. The fourth-order valence-electron chi connectivity index (χ4n) is 2.99. The van der Waals surface area contributed by atoms with Crippen LogP contribution in [0, 0.1) is 5.82 Å². The van der Waals surface area contributed by atoms with Gasteiger partial charge in [-0.25, -0.2) is 4.39 Å². The molecule has 4 aromatic rings. The van der Waals surface area contributed by atoms with Crippen molar-refractivity contribution in [2.24, 2.45) is 0 Å². The number of carbonyl (C=O) groups excluding carboxylic acids is 1. The lowest BCUT2D eigenvalue weighted by atomic mass is 10.2. The van der Waals surface area contributed by atoms with Crippen molar-refractivity contribution in [2.75, 3.05) is 5.75 Å². The minimum Gasteiger partial charge on any atom is -0.351 e. The maximum atomic E-state index is 13.4. The SMILES string of the molecule is O=C(CSc1nnc(-c2ccccc2)n1-c1ccc(F)cc1)NCc1cccc(Cl)c1. The van der Waals surface area contributed by atoms with Crippen molar-refractivity contribution < 1.29 is 9.18 Å². The Hall–Kier alpha value is -3.16. The second-order valence-electron chi connectivity index (χ2n) is 6.68. The Morgan fingerprint density at radius 2 is 1.77 bits per heavy atom. The minimum atomic E-state index is -0.326. The Kier molecular flexibility index (Phi) is 6.64. The van der Waals surface area contributed by atoms with Crippen molar-refractivity contribution in [3.8, 4) is 17.1 Å². The molecule has 5 nitrogen and oxygen atoms in total. The van der Waals surface area contributed by atoms with Gasteiger partial charge >= 0.3 is 0 Å². The molecule has 3 aromatic carbocycles. The van der Waals surface area contributed by atoms with E-state index in [4.69, 9.17) is 11.6 Å². The van der Waals surface area contributed by atoms with Gasteiger partial charge in [-0.3, -0.25) is 9.36 Å². The summed E-state index contributed by atoms with van der Waals surface area (Å²) in [4.78, 5) is 12.4. The molecule has 1 aromatic heterocycles. The molecule has 4 rings (SSSR count). The van der Waals surface area contributed by atoms with Gasteiger partial charge in [0.2, 0.25) is 5.91 Å². The van der Waals surface area contributed by atoms with E-state index in [0.29, 0.717) is 28.2 Å². The summed E-state index contributed by atoms with van der Waals surface area (Å²) in [6, 6.07) is 23.0. The van der Waals surface area contributed by atoms with Crippen LogP contribution in [0.3, 0.4) is 0 Å². The highest BCUT2D eigenvalue weighted by molar-refractivity contribution is 7.99. The summed E-state index contributed by atoms with van der Waals surface area (Å²) in [5.41, 5.74) is 2.51. The van der Waals surface area contributed by atoms with Gasteiger partial charge in [-0.15, -0.1) is 10.2 Å². The number of amides is 1. The fraction of sp³-hybridized carbons (Fsp3) is 0.0870. The molecular weight excluding hydrogens is 435 g/mol. The molecule has 0 radical (unpaired) electrons. The quantitative estimate of drug-likeness (QED) is 0.395. The van der Waals surface area contributed by atoms with Crippen molar-refractivity contribution in [1.82, 2.24) is 20.1 Å². The molecule has 0 unspecified atom stereocenters. The zero-order valence-electron chi connectivity index (χ0n) is 16.3. The predicted molar refractivity (Wildman–Crippen MR) is 121 cm³/mol. The molecular formula is C23H18ClFN4OS. The van der Waals surface area contributed by atoms with E-state index in [-0.39, 0.29) is 17.5 Å². The van der Waals surface area contributed by atoms with Crippen molar-refractivity contribution in [3.63, 3.8) is 0 Å². The van der Waals surface area contributed by atoms with Gasteiger partial charge in [0.25, 0.3) is 0 Å². The van der Waals surface area contributed by atoms with Gasteiger partial charge in [-0.2, -0.15) is 0 Å². The van der Waals surface area contributed by atoms with E-state index in [0.717, 1.165) is 11.1 Å². The van der Waals surface area contributed by atoms with Crippen molar-refractivity contribution in [2.45, 2.75) is 11.7 Å². The molecule has 0 aliphatic rings. The Labute approximate surface area is 188 Å². The van der Waals surface area contributed by atoms with Crippen molar-refractivity contribution >= 4 is 29.3 Å². The maximum absolute atomic E-state index is 13.4. The van der Waals surface area contributed by atoms with Crippen LogP contribution < -0.4 is 5.32 Å². The highest BCUT2D eigenvalue weighted by Crippen LogP contribution is 2.28. The first kappa shape index (κ1) is 21.1. The Balaban J connectivity index is 1.52. The smallest absolute Gasteiger partial charge is 0.230 e. The van der Waals surface area contributed by atoms with E-state index in [1.807, 2.05) is 53.1 Å². The second-order valence-corrected chi connectivity index (χ2v) is 8.06. The van der Waals surface area contributed by atoms with Gasteiger partial charge in [-0.1, -0.05) is 65.8 Å². The van der Waals surface area contributed by atoms with Crippen molar-refractivity contribution in [3.05, 3.63) is 95.3 Å². The molecule has 1 N–H and O–H groups in total. The minimum absolute atomic E-state index is 0.139. The molecule has 31 heavy (non-hydrogen) atoms. The third-order valence-electron chi connectivity index (χ3n) is 4.46. The lowest BCUT2D eigenvalue weighted by Gasteiger charge is -2.10. The lowest BCUT2D eigenvalue weighted by Crippen LogP contribution is -2.24. The monoisotopic (exact) mass is 452 g/mol. The number of nitrogens with one attached hydrogen (secondary N) is 1. The highest BCUT2D eigenvalue weighted by atomic mass is 35.5.